The molecule has 0 atom stereocenters. The van der Waals surface area contributed by atoms with Crippen LogP contribution in [0.3, 0.4) is 0 Å². The highest BCUT2D eigenvalue weighted by Gasteiger charge is 2.08. The molecule has 2 aromatic rings. The largest absolute Gasteiger partial charge is 0.300 e. The molecular weight excluding hydrogens is 282 g/mol. The van der Waals surface area contributed by atoms with E-state index in [9.17, 15) is 4.79 Å². The lowest BCUT2D eigenvalue weighted by Crippen LogP contribution is -2.25. The Balaban J connectivity index is 0.00000220. The number of halogens is 1. The number of benzene rings is 2. The predicted molar refractivity (Wildman–Crippen MR) is 89.5 cm³/mol. The van der Waals surface area contributed by atoms with Gasteiger partial charge in [-0.2, -0.15) is 0 Å². The Labute approximate surface area is 133 Å². The lowest BCUT2D eigenvalue weighted by atomic mass is 10.1. The molecule has 0 saturated carbocycles. The van der Waals surface area contributed by atoms with E-state index in [0.717, 1.165) is 19.6 Å². The summed E-state index contributed by atoms with van der Waals surface area (Å²) in [7, 11) is 0. The van der Waals surface area contributed by atoms with Gasteiger partial charge in [-0.05, 0) is 18.1 Å². The van der Waals surface area contributed by atoms with Crippen LogP contribution >= 0.6 is 12.4 Å². The highest BCUT2D eigenvalue weighted by atomic mass is 35.5. The van der Waals surface area contributed by atoms with Gasteiger partial charge < -0.3 is 0 Å². The van der Waals surface area contributed by atoms with Gasteiger partial charge in [0.25, 0.3) is 0 Å². The average molecular weight is 304 g/mol. The first-order valence-electron chi connectivity index (χ1n) is 7.03. The quantitative estimate of drug-likeness (QED) is 0.768. The van der Waals surface area contributed by atoms with Crippen LogP contribution in [-0.4, -0.2) is 17.2 Å². The minimum atomic E-state index is 0. The van der Waals surface area contributed by atoms with Gasteiger partial charge in [0.1, 0.15) is 5.78 Å². The van der Waals surface area contributed by atoms with Gasteiger partial charge >= 0.3 is 0 Å². The fourth-order valence-electron chi connectivity index (χ4n) is 2.21. The predicted octanol–water partition coefficient (Wildman–Crippen LogP) is 4.09. The average Bonchev–Trinajstić information content (AvgIpc) is 2.47. The van der Waals surface area contributed by atoms with Crippen molar-refractivity contribution in [1.82, 2.24) is 4.90 Å². The summed E-state index contributed by atoms with van der Waals surface area (Å²) in [6.07, 6.45) is 0.611. The smallest absolute Gasteiger partial charge is 0.131 e. The van der Waals surface area contributed by atoms with Crippen molar-refractivity contribution >= 4 is 18.2 Å². The van der Waals surface area contributed by atoms with Crippen molar-refractivity contribution < 1.29 is 4.79 Å². The molecule has 2 aromatic carbocycles. The maximum absolute atomic E-state index is 11.2. The number of rotatable bonds is 7. The van der Waals surface area contributed by atoms with E-state index < -0.39 is 0 Å². The highest BCUT2D eigenvalue weighted by molar-refractivity contribution is 5.85. The maximum atomic E-state index is 11.2. The fourth-order valence-corrected chi connectivity index (χ4v) is 2.21. The molecule has 2 nitrogen and oxygen atoms in total. The first-order chi connectivity index (χ1) is 9.74. The summed E-state index contributed by atoms with van der Waals surface area (Å²) in [6.45, 7) is 4.22. The van der Waals surface area contributed by atoms with E-state index in [4.69, 9.17) is 0 Å². The number of carbonyl (C=O) groups excluding carboxylic acids is 1. The van der Waals surface area contributed by atoms with Crippen LogP contribution in [0.5, 0.6) is 0 Å². The molecule has 0 amide bonds. The van der Waals surface area contributed by atoms with Gasteiger partial charge in [0.05, 0.1) is 0 Å². The molecule has 2 rings (SSSR count). The van der Waals surface area contributed by atoms with Crippen LogP contribution < -0.4 is 0 Å². The molecule has 0 aliphatic rings. The van der Waals surface area contributed by atoms with Crippen molar-refractivity contribution in [1.29, 1.82) is 0 Å². The Morgan fingerprint density at radius 3 is 1.67 bits per heavy atom. The standard InChI is InChI=1S/C18H21NO.ClH/c1-16(20)12-13-19(14-17-8-4-2-5-9-17)15-18-10-6-3-7-11-18;/h2-11H,12-15H2,1H3;1H. The summed E-state index contributed by atoms with van der Waals surface area (Å²) < 4.78 is 0. The Hall–Kier alpha value is -1.64. The number of carbonyl (C=O) groups is 1. The summed E-state index contributed by atoms with van der Waals surface area (Å²) in [6, 6.07) is 20.8. The summed E-state index contributed by atoms with van der Waals surface area (Å²) in [4.78, 5) is 13.6. The van der Waals surface area contributed by atoms with Crippen LogP contribution in [0.4, 0.5) is 0 Å². The van der Waals surface area contributed by atoms with E-state index in [0.29, 0.717) is 6.42 Å². The molecule has 0 unspecified atom stereocenters. The van der Waals surface area contributed by atoms with Crippen molar-refractivity contribution in [2.24, 2.45) is 0 Å². The number of ketones is 1. The molecular formula is C18H22ClNO. The summed E-state index contributed by atoms with van der Waals surface area (Å²) >= 11 is 0. The molecule has 112 valence electrons. The fraction of sp³-hybridized carbons (Fsp3) is 0.278. The third kappa shape index (κ3) is 6.56. The van der Waals surface area contributed by atoms with E-state index in [-0.39, 0.29) is 18.2 Å². The van der Waals surface area contributed by atoms with Gasteiger partial charge in [-0.25, -0.2) is 0 Å². The van der Waals surface area contributed by atoms with Crippen molar-refractivity contribution in [3.63, 3.8) is 0 Å². The zero-order chi connectivity index (χ0) is 14.2. The Morgan fingerprint density at radius 2 is 1.29 bits per heavy atom. The monoisotopic (exact) mass is 303 g/mol. The zero-order valence-electron chi connectivity index (χ0n) is 12.4. The highest BCUT2D eigenvalue weighted by Crippen LogP contribution is 2.10. The van der Waals surface area contributed by atoms with E-state index in [2.05, 4.69) is 53.4 Å². The molecule has 0 N–H and O–H groups in total. The minimum Gasteiger partial charge on any atom is -0.300 e. The Kier molecular flexibility index (Phi) is 7.73. The van der Waals surface area contributed by atoms with Gasteiger partial charge in [-0.1, -0.05) is 60.7 Å². The van der Waals surface area contributed by atoms with Gasteiger partial charge in [-0.3, -0.25) is 9.69 Å². The third-order valence-electron chi connectivity index (χ3n) is 3.28. The molecule has 0 saturated heterocycles. The molecule has 0 aliphatic carbocycles. The van der Waals surface area contributed by atoms with Crippen molar-refractivity contribution in [2.45, 2.75) is 26.4 Å². The molecule has 0 bridgehead atoms. The van der Waals surface area contributed by atoms with Crippen molar-refractivity contribution in [2.75, 3.05) is 6.54 Å². The molecule has 0 heterocycles. The lowest BCUT2D eigenvalue weighted by Gasteiger charge is -2.22. The van der Waals surface area contributed by atoms with Crippen LogP contribution in [0, 0.1) is 0 Å². The maximum Gasteiger partial charge on any atom is 0.131 e. The molecule has 0 aliphatic heterocycles. The van der Waals surface area contributed by atoms with Crippen LogP contribution in [0.25, 0.3) is 0 Å². The molecule has 0 radical (unpaired) electrons. The number of Topliss-reactive ketones (excluding diaryl/α,β-unsaturated/α-hetero) is 1. The number of nitrogens with zero attached hydrogens (tertiary/aromatic N) is 1. The van der Waals surface area contributed by atoms with E-state index in [1.54, 1.807) is 6.92 Å². The second-order valence-corrected chi connectivity index (χ2v) is 5.13. The van der Waals surface area contributed by atoms with Crippen LogP contribution in [0.1, 0.15) is 24.5 Å². The van der Waals surface area contributed by atoms with E-state index in [1.165, 1.54) is 11.1 Å². The minimum absolute atomic E-state index is 0. The van der Waals surface area contributed by atoms with Gasteiger partial charge in [0.2, 0.25) is 0 Å². The second-order valence-electron chi connectivity index (χ2n) is 5.13. The molecule has 21 heavy (non-hydrogen) atoms. The van der Waals surface area contributed by atoms with E-state index >= 15 is 0 Å². The topological polar surface area (TPSA) is 20.3 Å². The van der Waals surface area contributed by atoms with E-state index in [1.807, 2.05) is 12.1 Å². The molecule has 0 aromatic heterocycles. The summed E-state index contributed by atoms with van der Waals surface area (Å²) in [5.41, 5.74) is 2.57. The first-order valence-corrected chi connectivity index (χ1v) is 7.03. The Bertz CT molecular complexity index is 486. The number of hydrogen-bond acceptors (Lipinski definition) is 2. The molecule has 0 spiro atoms. The zero-order valence-corrected chi connectivity index (χ0v) is 13.2. The first kappa shape index (κ1) is 17.4. The van der Waals surface area contributed by atoms with Crippen LogP contribution in [-0.2, 0) is 17.9 Å². The molecule has 0 fully saturated rings. The molecule has 3 heteroatoms. The van der Waals surface area contributed by atoms with Gasteiger partial charge in [-0.15, -0.1) is 12.4 Å². The van der Waals surface area contributed by atoms with Crippen LogP contribution in [0.2, 0.25) is 0 Å². The summed E-state index contributed by atoms with van der Waals surface area (Å²) in [5.74, 6) is 0.246. The Morgan fingerprint density at radius 1 is 0.857 bits per heavy atom. The SMILES string of the molecule is CC(=O)CCN(Cc1ccccc1)Cc1ccccc1.Cl. The number of hydrogen-bond donors (Lipinski definition) is 0. The van der Waals surface area contributed by atoms with Crippen molar-refractivity contribution in [3.8, 4) is 0 Å². The normalized spacial score (nSPS) is 10.2. The lowest BCUT2D eigenvalue weighted by molar-refractivity contribution is -0.117. The van der Waals surface area contributed by atoms with Gasteiger partial charge in [0.15, 0.2) is 0 Å². The van der Waals surface area contributed by atoms with Crippen molar-refractivity contribution in [3.05, 3.63) is 71.8 Å². The third-order valence-corrected chi connectivity index (χ3v) is 3.28. The second kappa shape index (κ2) is 9.32. The van der Waals surface area contributed by atoms with Crippen LogP contribution in [0.15, 0.2) is 60.7 Å². The summed E-state index contributed by atoms with van der Waals surface area (Å²) in [5, 5.41) is 0. The van der Waals surface area contributed by atoms with Gasteiger partial charge in [0, 0.05) is 26.1 Å².